The first-order valence-electron chi connectivity index (χ1n) is 17.6. The number of nitrogens with one attached hydrogen (secondary N) is 1. The minimum absolute atomic E-state index is 0.851. The van der Waals surface area contributed by atoms with Gasteiger partial charge in [-0.3, -0.25) is 0 Å². The molecule has 0 fully saturated rings. The second kappa shape index (κ2) is 12.4. The molecule has 0 saturated heterocycles. The molecule has 244 valence electrons. The highest BCUT2D eigenvalue weighted by molar-refractivity contribution is 6.09. The van der Waals surface area contributed by atoms with Crippen LogP contribution in [0.5, 0.6) is 0 Å². The van der Waals surface area contributed by atoms with Gasteiger partial charge in [0.15, 0.2) is 0 Å². The molecular formula is C48H32N4. The lowest BCUT2D eigenvalue weighted by atomic mass is 9.96. The molecule has 52 heavy (non-hydrogen) atoms. The van der Waals surface area contributed by atoms with E-state index < -0.39 is 0 Å². The summed E-state index contributed by atoms with van der Waals surface area (Å²) >= 11 is 0. The van der Waals surface area contributed by atoms with E-state index >= 15 is 0 Å². The van der Waals surface area contributed by atoms with Crippen LogP contribution < -0.4 is 4.90 Å². The van der Waals surface area contributed by atoms with E-state index in [4.69, 9.17) is 9.97 Å². The van der Waals surface area contributed by atoms with Crippen molar-refractivity contribution in [2.75, 3.05) is 4.90 Å². The van der Waals surface area contributed by atoms with Crippen LogP contribution in [-0.2, 0) is 0 Å². The molecule has 2 aromatic heterocycles. The van der Waals surface area contributed by atoms with Crippen LogP contribution in [-0.4, -0.2) is 15.0 Å². The molecule has 0 aliphatic carbocycles. The van der Waals surface area contributed by atoms with E-state index in [1.165, 1.54) is 21.5 Å². The highest BCUT2D eigenvalue weighted by atomic mass is 15.1. The zero-order valence-corrected chi connectivity index (χ0v) is 28.2. The number of hydrogen-bond acceptors (Lipinski definition) is 3. The zero-order chi connectivity index (χ0) is 34.4. The van der Waals surface area contributed by atoms with Gasteiger partial charge in [0.1, 0.15) is 0 Å². The van der Waals surface area contributed by atoms with Crippen molar-refractivity contribution in [2.24, 2.45) is 0 Å². The van der Waals surface area contributed by atoms with Gasteiger partial charge in [0.25, 0.3) is 0 Å². The molecule has 10 aromatic rings. The van der Waals surface area contributed by atoms with Crippen LogP contribution in [0, 0.1) is 0 Å². The molecule has 2 heterocycles. The van der Waals surface area contributed by atoms with Crippen LogP contribution in [0.4, 0.5) is 17.1 Å². The fraction of sp³-hybridized carbons (Fsp3) is 0. The number of rotatable bonds is 6. The van der Waals surface area contributed by atoms with Gasteiger partial charge in [-0.25, -0.2) is 9.97 Å². The number of benzene rings is 8. The van der Waals surface area contributed by atoms with E-state index in [-0.39, 0.29) is 0 Å². The van der Waals surface area contributed by atoms with E-state index in [0.717, 1.165) is 72.8 Å². The smallest absolute Gasteiger partial charge is 0.0973 e. The van der Waals surface area contributed by atoms with Gasteiger partial charge < -0.3 is 9.88 Å². The van der Waals surface area contributed by atoms with Crippen molar-refractivity contribution in [3.63, 3.8) is 0 Å². The normalized spacial score (nSPS) is 11.5. The molecule has 0 atom stereocenters. The second-order valence-corrected chi connectivity index (χ2v) is 13.1. The summed E-state index contributed by atoms with van der Waals surface area (Å²) in [5.41, 5.74) is 13.2. The molecule has 0 unspecified atom stereocenters. The summed E-state index contributed by atoms with van der Waals surface area (Å²) < 4.78 is 0. The molecule has 1 N–H and O–H groups in total. The van der Waals surface area contributed by atoms with Gasteiger partial charge >= 0.3 is 0 Å². The van der Waals surface area contributed by atoms with Crippen molar-refractivity contribution in [3.05, 3.63) is 188 Å². The summed E-state index contributed by atoms with van der Waals surface area (Å²) in [4.78, 5) is 16.7. The van der Waals surface area contributed by atoms with Gasteiger partial charge in [0.2, 0.25) is 0 Å². The molecule has 0 aliphatic rings. The van der Waals surface area contributed by atoms with Crippen molar-refractivity contribution in [3.8, 4) is 33.6 Å². The minimum atomic E-state index is 0.851. The Morgan fingerprint density at radius 3 is 1.83 bits per heavy atom. The van der Waals surface area contributed by atoms with Crippen molar-refractivity contribution in [1.82, 2.24) is 15.0 Å². The number of nitrogens with zero attached hydrogens (tertiary/aromatic N) is 3. The summed E-state index contributed by atoms with van der Waals surface area (Å²) in [6.45, 7) is 0. The summed E-state index contributed by atoms with van der Waals surface area (Å²) in [6.07, 6.45) is 0. The maximum Gasteiger partial charge on any atom is 0.0973 e. The first-order valence-corrected chi connectivity index (χ1v) is 17.6. The Labute approximate surface area is 301 Å². The van der Waals surface area contributed by atoms with E-state index in [0.29, 0.717) is 0 Å². The molecular weight excluding hydrogens is 633 g/mol. The predicted octanol–water partition coefficient (Wildman–Crippen LogP) is 12.9. The SMILES string of the molecule is c1ccc(-c2nc3cccc(-c4cccc5ccccc45)c3nc2-c2ccc(N(c3ccccc3)c3ccc4[nH]c5ccccc5c4c3)cc2)cc1. The maximum atomic E-state index is 5.47. The number of H-pyrrole nitrogens is 1. The van der Waals surface area contributed by atoms with Crippen LogP contribution >= 0.6 is 0 Å². The lowest BCUT2D eigenvalue weighted by molar-refractivity contribution is 1.27. The number of anilines is 3. The Hall–Kier alpha value is -7.04. The summed E-state index contributed by atoms with van der Waals surface area (Å²) in [6, 6.07) is 66.1. The topological polar surface area (TPSA) is 44.8 Å². The second-order valence-electron chi connectivity index (χ2n) is 13.1. The predicted molar refractivity (Wildman–Crippen MR) is 217 cm³/mol. The van der Waals surface area contributed by atoms with Crippen molar-refractivity contribution in [1.29, 1.82) is 0 Å². The van der Waals surface area contributed by atoms with Gasteiger partial charge in [0.05, 0.1) is 22.4 Å². The molecule has 0 saturated carbocycles. The number of aromatic nitrogens is 3. The minimum Gasteiger partial charge on any atom is -0.355 e. The molecule has 0 amide bonds. The summed E-state index contributed by atoms with van der Waals surface area (Å²) in [5.74, 6) is 0. The molecule has 8 aromatic carbocycles. The third kappa shape index (κ3) is 5.09. The largest absolute Gasteiger partial charge is 0.355 e. The third-order valence-electron chi connectivity index (χ3n) is 9.98. The summed E-state index contributed by atoms with van der Waals surface area (Å²) in [5, 5.41) is 4.82. The Bertz CT molecular complexity index is 2890. The van der Waals surface area contributed by atoms with Gasteiger partial charge in [-0.05, 0) is 70.9 Å². The monoisotopic (exact) mass is 664 g/mol. The van der Waals surface area contributed by atoms with Crippen LogP contribution in [0.1, 0.15) is 0 Å². The highest BCUT2D eigenvalue weighted by Crippen LogP contribution is 2.40. The van der Waals surface area contributed by atoms with Crippen LogP contribution in [0.2, 0.25) is 0 Å². The van der Waals surface area contributed by atoms with Crippen molar-refractivity contribution >= 4 is 60.7 Å². The van der Waals surface area contributed by atoms with Crippen LogP contribution in [0.15, 0.2) is 188 Å². The first kappa shape index (κ1) is 29.8. The highest BCUT2D eigenvalue weighted by Gasteiger charge is 2.19. The Morgan fingerprint density at radius 2 is 0.981 bits per heavy atom. The summed E-state index contributed by atoms with van der Waals surface area (Å²) in [7, 11) is 0. The number of fused-ring (bicyclic) bond motifs is 5. The number of hydrogen-bond donors (Lipinski definition) is 1. The van der Waals surface area contributed by atoms with Crippen LogP contribution in [0.3, 0.4) is 0 Å². The van der Waals surface area contributed by atoms with Gasteiger partial charge in [-0.1, -0.05) is 133 Å². The lowest BCUT2D eigenvalue weighted by Gasteiger charge is -2.26. The van der Waals surface area contributed by atoms with Crippen molar-refractivity contribution in [2.45, 2.75) is 0 Å². The Morgan fingerprint density at radius 1 is 0.385 bits per heavy atom. The lowest BCUT2D eigenvalue weighted by Crippen LogP contribution is -2.09. The first-order chi connectivity index (χ1) is 25.8. The van der Waals surface area contributed by atoms with Crippen molar-refractivity contribution < 1.29 is 0 Å². The number of aromatic amines is 1. The van der Waals surface area contributed by atoms with Crippen LogP contribution in [0.25, 0.3) is 77.3 Å². The molecule has 4 nitrogen and oxygen atoms in total. The van der Waals surface area contributed by atoms with E-state index in [1.54, 1.807) is 0 Å². The Kier molecular flexibility index (Phi) is 7.10. The zero-order valence-electron chi connectivity index (χ0n) is 28.2. The standard InChI is InChI=1S/C48H32N4/c1-3-14-33(15-4-1)46-47(51-48-41(22-12-24-45(48)50-46)39-21-11-16-32-13-7-8-19-38(32)39)34-25-27-36(28-26-34)52(35-17-5-2-6-18-35)37-29-30-44-42(31-37)40-20-9-10-23-43(40)49-44/h1-31,49H. The molecule has 4 heteroatoms. The average Bonchev–Trinajstić information content (AvgIpc) is 3.59. The fourth-order valence-electron chi connectivity index (χ4n) is 7.52. The third-order valence-corrected chi connectivity index (χ3v) is 9.98. The fourth-order valence-corrected chi connectivity index (χ4v) is 7.52. The Balaban J connectivity index is 1.14. The molecule has 0 bridgehead atoms. The van der Waals surface area contributed by atoms with E-state index in [1.807, 2.05) is 6.07 Å². The van der Waals surface area contributed by atoms with E-state index in [2.05, 4.69) is 192 Å². The molecule has 0 spiro atoms. The van der Waals surface area contributed by atoms with Gasteiger partial charge in [-0.15, -0.1) is 0 Å². The molecule has 10 rings (SSSR count). The van der Waals surface area contributed by atoms with Gasteiger partial charge in [-0.2, -0.15) is 0 Å². The maximum absolute atomic E-state index is 5.47. The quantitative estimate of drug-likeness (QED) is 0.192. The average molecular weight is 665 g/mol. The van der Waals surface area contributed by atoms with E-state index in [9.17, 15) is 0 Å². The number of para-hydroxylation sites is 3. The molecule has 0 aliphatic heterocycles. The molecule has 0 radical (unpaired) electrons. The van der Waals surface area contributed by atoms with Gasteiger partial charge in [0, 0.05) is 55.6 Å².